The molecule has 1 atom stereocenters. The zero-order valence-corrected chi connectivity index (χ0v) is 14.2. The first-order chi connectivity index (χ1) is 11.8. The molecule has 2 aromatic rings. The van der Waals surface area contributed by atoms with Gasteiger partial charge in [-0.25, -0.2) is 4.98 Å². The van der Waals surface area contributed by atoms with Crippen molar-refractivity contribution in [3.05, 3.63) is 53.9 Å². The predicted octanol–water partition coefficient (Wildman–Crippen LogP) is 3.71. The van der Waals surface area contributed by atoms with Gasteiger partial charge in [-0.2, -0.15) is 0 Å². The SMILES string of the molecule is Cc1cccc(C2(CCN3CCCC3)C=CC=N2)c1-c1ncc[nH]1. The second-order valence-electron chi connectivity index (χ2n) is 6.80. The number of aliphatic imine (C=N–C) groups is 1. The number of aromatic amines is 1. The van der Waals surface area contributed by atoms with Gasteiger partial charge in [0.25, 0.3) is 0 Å². The van der Waals surface area contributed by atoms with Gasteiger partial charge in [0.2, 0.25) is 0 Å². The minimum atomic E-state index is -0.267. The number of benzene rings is 1. The first-order valence-corrected chi connectivity index (χ1v) is 8.84. The number of imidazole rings is 1. The summed E-state index contributed by atoms with van der Waals surface area (Å²) in [6.45, 7) is 5.69. The fourth-order valence-corrected chi connectivity index (χ4v) is 3.94. The Morgan fingerprint density at radius 1 is 1.25 bits per heavy atom. The third-order valence-electron chi connectivity index (χ3n) is 5.24. The standard InChI is InChI=1S/C20H24N4/c1-16-6-4-7-17(18(16)19-21-11-12-22-19)20(8-5-10-23-20)9-15-24-13-2-3-14-24/h4-8,10-12H,2-3,9,13-15H2,1H3,(H,21,22). The molecule has 0 spiro atoms. The van der Waals surface area contributed by atoms with E-state index < -0.39 is 0 Å². The highest BCUT2D eigenvalue weighted by Crippen LogP contribution is 2.40. The number of allylic oxidation sites excluding steroid dienone is 1. The van der Waals surface area contributed by atoms with Crippen LogP contribution < -0.4 is 0 Å². The summed E-state index contributed by atoms with van der Waals surface area (Å²) >= 11 is 0. The molecule has 124 valence electrons. The van der Waals surface area contributed by atoms with E-state index in [4.69, 9.17) is 4.99 Å². The average Bonchev–Trinajstić information content (AvgIpc) is 3.34. The molecule has 2 aliphatic rings. The van der Waals surface area contributed by atoms with Crippen LogP contribution in [0.5, 0.6) is 0 Å². The lowest BCUT2D eigenvalue weighted by atomic mass is 9.82. The van der Waals surface area contributed by atoms with Crippen LogP contribution in [0.4, 0.5) is 0 Å². The van der Waals surface area contributed by atoms with Crippen LogP contribution in [-0.4, -0.2) is 40.7 Å². The van der Waals surface area contributed by atoms with Crippen molar-refractivity contribution in [2.24, 2.45) is 4.99 Å². The molecule has 1 aromatic carbocycles. The summed E-state index contributed by atoms with van der Waals surface area (Å²) in [7, 11) is 0. The molecule has 1 fully saturated rings. The quantitative estimate of drug-likeness (QED) is 0.913. The van der Waals surface area contributed by atoms with Gasteiger partial charge in [-0.1, -0.05) is 24.3 Å². The van der Waals surface area contributed by atoms with Crippen LogP contribution in [-0.2, 0) is 5.54 Å². The van der Waals surface area contributed by atoms with Crippen molar-refractivity contribution in [3.63, 3.8) is 0 Å². The number of hydrogen-bond acceptors (Lipinski definition) is 3. The van der Waals surface area contributed by atoms with Gasteiger partial charge in [-0.15, -0.1) is 0 Å². The topological polar surface area (TPSA) is 44.3 Å². The molecule has 1 saturated heterocycles. The van der Waals surface area contributed by atoms with E-state index in [2.05, 4.69) is 52.1 Å². The number of H-pyrrole nitrogens is 1. The minimum absolute atomic E-state index is 0.267. The van der Waals surface area contributed by atoms with Crippen LogP contribution in [0, 0.1) is 6.92 Å². The fourth-order valence-electron chi connectivity index (χ4n) is 3.94. The van der Waals surface area contributed by atoms with Crippen LogP contribution >= 0.6 is 0 Å². The minimum Gasteiger partial charge on any atom is -0.345 e. The molecule has 0 saturated carbocycles. The number of aryl methyl sites for hydroxylation is 1. The van der Waals surface area contributed by atoms with Crippen LogP contribution in [0.3, 0.4) is 0 Å². The molecule has 0 bridgehead atoms. The number of aromatic nitrogens is 2. The monoisotopic (exact) mass is 320 g/mol. The van der Waals surface area contributed by atoms with Crippen molar-refractivity contribution >= 4 is 6.21 Å². The van der Waals surface area contributed by atoms with Crippen molar-refractivity contribution in [1.82, 2.24) is 14.9 Å². The molecule has 0 amide bonds. The van der Waals surface area contributed by atoms with E-state index in [0.717, 1.165) is 18.8 Å². The van der Waals surface area contributed by atoms with Crippen molar-refractivity contribution < 1.29 is 0 Å². The van der Waals surface area contributed by atoms with E-state index in [1.807, 2.05) is 18.6 Å². The maximum absolute atomic E-state index is 4.91. The van der Waals surface area contributed by atoms with Gasteiger partial charge in [0, 0.05) is 30.7 Å². The highest BCUT2D eigenvalue weighted by molar-refractivity contribution is 5.78. The lowest BCUT2D eigenvalue weighted by Crippen LogP contribution is -2.29. The number of rotatable bonds is 5. The van der Waals surface area contributed by atoms with Crippen LogP contribution in [0.15, 0.2) is 47.7 Å². The van der Waals surface area contributed by atoms with E-state index in [9.17, 15) is 0 Å². The summed E-state index contributed by atoms with van der Waals surface area (Å²) in [6, 6.07) is 6.50. The Morgan fingerprint density at radius 2 is 2.12 bits per heavy atom. The molecule has 4 rings (SSSR count). The zero-order valence-electron chi connectivity index (χ0n) is 14.2. The molecule has 1 unspecified atom stereocenters. The Balaban J connectivity index is 1.73. The lowest BCUT2D eigenvalue weighted by Gasteiger charge is -2.30. The van der Waals surface area contributed by atoms with E-state index >= 15 is 0 Å². The number of hydrogen-bond donors (Lipinski definition) is 1. The summed E-state index contributed by atoms with van der Waals surface area (Å²) < 4.78 is 0. The maximum atomic E-state index is 4.91. The van der Waals surface area contributed by atoms with E-state index in [-0.39, 0.29) is 5.54 Å². The zero-order chi connectivity index (χ0) is 16.4. The van der Waals surface area contributed by atoms with Crippen molar-refractivity contribution in [2.75, 3.05) is 19.6 Å². The largest absolute Gasteiger partial charge is 0.345 e. The summed E-state index contributed by atoms with van der Waals surface area (Å²) in [5, 5.41) is 0. The molecule has 4 heteroatoms. The van der Waals surface area contributed by atoms with Crippen LogP contribution in [0.25, 0.3) is 11.4 Å². The van der Waals surface area contributed by atoms with Gasteiger partial charge in [-0.05, 0) is 56.5 Å². The Hall–Kier alpha value is -2.20. The molecule has 1 aromatic heterocycles. The molecule has 0 aliphatic carbocycles. The van der Waals surface area contributed by atoms with Crippen molar-refractivity contribution in [3.8, 4) is 11.4 Å². The summed E-state index contributed by atoms with van der Waals surface area (Å²) in [5.74, 6) is 0.930. The van der Waals surface area contributed by atoms with Crippen molar-refractivity contribution in [1.29, 1.82) is 0 Å². The molecule has 3 heterocycles. The lowest BCUT2D eigenvalue weighted by molar-refractivity contribution is 0.305. The molecule has 0 radical (unpaired) electrons. The molecule has 4 nitrogen and oxygen atoms in total. The predicted molar refractivity (Wildman–Crippen MR) is 98.4 cm³/mol. The number of nitrogens with zero attached hydrogens (tertiary/aromatic N) is 3. The smallest absolute Gasteiger partial charge is 0.137 e. The first-order valence-electron chi connectivity index (χ1n) is 8.84. The highest BCUT2D eigenvalue weighted by Gasteiger charge is 2.34. The molecular weight excluding hydrogens is 296 g/mol. The fraction of sp³-hybridized carbons (Fsp3) is 0.400. The Labute approximate surface area is 143 Å². The van der Waals surface area contributed by atoms with Crippen LogP contribution in [0.2, 0.25) is 0 Å². The molecular formula is C20H24N4. The van der Waals surface area contributed by atoms with Crippen LogP contribution in [0.1, 0.15) is 30.4 Å². The van der Waals surface area contributed by atoms with Crippen molar-refractivity contribution in [2.45, 2.75) is 31.7 Å². The third-order valence-corrected chi connectivity index (χ3v) is 5.24. The van der Waals surface area contributed by atoms with E-state index in [0.29, 0.717) is 0 Å². The maximum Gasteiger partial charge on any atom is 0.137 e. The first kappa shape index (κ1) is 15.3. The highest BCUT2D eigenvalue weighted by atomic mass is 15.1. The second kappa shape index (κ2) is 6.36. The number of nitrogens with one attached hydrogen (secondary N) is 1. The second-order valence-corrected chi connectivity index (χ2v) is 6.80. The number of likely N-dealkylation sites (tertiary alicyclic amines) is 1. The Kier molecular flexibility index (Phi) is 4.07. The molecule has 2 aliphatic heterocycles. The Bertz CT molecular complexity index is 740. The summed E-state index contributed by atoms with van der Waals surface area (Å²) in [4.78, 5) is 15.2. The van der Waals surface area contributed by atoms with Gasteiger partial charge < -0.3 is 9.88 Å². The van der Waals surface area contributed by atoms with Gasteiger partial charge >= 0.3 is 0 Å². The molecule has 24 heavy (non-hydrogen) atoms. The van der Waals surface area contributed by atoms with E-state index in [1.54, 1.807) is 0 Å². The summed E-state index contributed by atoms with van der Waals surface area (Å²) in [5.41, 5.74) is 3.41. The van der Waals surface area contributed by atoms with Gasteiger partial charge in [0.15, 0.2) is 0 Å². The van der Waals surface area contributed by atoms with Gasteiger partial charge in [0.1, 0.15) is 11.4 Å². The summed E-state index contributed by atoms with van der Waals surface area (Å²) in [6.07, 6.45) is 13.6. The van der Waals surface area contributed by atoms with E-state index in [1.165, 1.54) is 42.6 Å². The normalized spacial score (nSPS) is 23.4. The molecule has 1 N–H and O–H groups in total. The average molecular weight is 320 g/mol. The Morgan fingerprint density at radius 3 is 2.83 bits per heavy atom. The van der Waals surface area contributed by atoms with Gasteiger partial charge in [-0.3, -0.25) is 4.99 Å². The third kappa shape index (κ3) is 2.71. The van der Waals surface area contributed by atoms with Gasteiger partial charge in [0.05, 0.1) is 0 Å².